The van der Waals surface area contributed by atoms with E-state index in [4.69, 9.17) is 0 Å². The number of benzene rings is 1. The van der Waals surface area contributed by atoms with Gasteiger partial charge in [-0.3, -0.25) is 9.78 Å². The van der Waals surface area contributed by atoms with Gasteiger partial charge in [0, 0.05) is 44.0 Å². The fraction of sp³-hybridized carbons (Fsp3) is 0.429. The van der Waals surface area contributed by atoms with E-state index < -0.39 is 0 Å². The van der Waals surface area contributed by atoms with Gasteiger partial charge in [0.15, 0.2) is 0 Å². The molecule has 1 amide bonds. The third-order valence-corrected chi connectivity index (χ3v) is 4.85. The molecule has 27 heavy (non-hydrogen) atoms. The fourth-order valence-electron chi connectivity index (χ4n) is 3.43. The van der Waals surface area contributed by atoms with Gasteiger partial charge < -0.3 is 15.1 Å². The van der Waals surface area contributed by atoms with Crippen LogP contribution in [-0.2, 0) is 0 Å². The van der Waals surface area contributed by atoms with Gasteiger partial charge in [-0.15, -0.1) is 0 Å². The van der Waals surface area contributed by atoms with Crippen LogP contribution in [0.15, 0.2) is 48.8 Å². The second-order valence-corrected chi connectivity index (χ2v) is 7.04. The average Bonchev–Trinajstić information content (AvgIpc) is 2.69. The minimum atomic E-state index is -0.343. The predicted octanol–water partition coefficient (Wildman–Crippen LogP) is 2.94. The highest BCUT2D eigenvalue weighted by atomic mass is 19.1. The summed E-state index contributed by atoms with van der Waals surface area (Å²) in [4.78, 5) is 21.3. The standard InChI is InChI=1S/C21H27FN4O/c1-17-16-25(14-11-24-17)12-2-3-13-26(20-5-4-10-23-15-20)21(27)18-6-8-19(22)9-7-18/h4-10,15,17,24H,2-3,11-14,16H2,1H3. The topological polar surface area (TPSA) is 48.5 Å². The molecule has 1 aromatic carbocycles. The maximum Gasteiger partial charge on any atom is 0.258 e. The number of hydrogen-bond acceptors (Lipinski definition) is 4. The van der Waals surface area contributed by atoms with Crippen molar-refractivity contribution < 1.29 is 9.18 Å². The number of carbonyl (C=O) groups excluding carboxylic acids is 1. The van der Waals surface area contributed by atoms with E-state index in [9.17, 15) is 9.18 Å². The predicted molar refractivity (Wildman–Crippen MR) is 105 cm³/mol. The summed E-state index contributed by atoms with van der Waals surface area (Å²) in [6.45, 7) is 7.04. The van der Waals surface area contributed by atoms with Crippen LogP contribution in [0.4, 0.5) is 10.1 Å². The summed E-state index contributed by atoms with van der Waals surface area (Å²) in [5.74, 6) is -0.469. The van der Waals surface area contributed by atoms with E-state index >= 15 is 0 Å². The van der Waals surface area contributed by atoms with E-state index in [1.54, 1.807) is 17.3 Å². The quantitative estimate of drug-likeness (QED) is 0.762. The maximum absolute atomic E-state index is 13.2. The van der Waals surface area contributed by atoms with Crippen LogP contribution < -0.4 is 10.2 Å². The Labute approximate surface area is 160 Å². The summed E-state index contributed by atoms with van der Waals surface area (Å²) < 4.78 is 13.2. The molecule has 2 aromatic rings. The number of carbonyl (C=O) groups is 1. The summed E-state index contributed by atoms with van der Waals surface area (Å²) in [7, 11) is 0. The molecule has 1 aromatic heterocycles. The minimum absolute atomic E-state index is 0.126. The van der Waals surface area contributed by atoms with E-state index in [0.29, 0.717) is 18.2 Å². The van der Waals surface area contributed by atoms with E-state index in [1.165, 1.54) is 24.3 Å². The smallest absolute Gasteiger partial charge is 0.258 e. The number of nitrogens with one attached hydrogen (secondary N) is 1. The first-order chi connectivity index (χ1) is 13.1. The van der Waals surface area contributed by atoms with Crippen molar-refractivity contribution in [2.24, 2.45) is 0 Å². The Balaban J connectivity index is 1.60. The Hall–Kier alpha value is -2.31. The third-order valence-electron chi connectivity index (χ3n) is 4.85. The molecular formula is C21H27FN4O. The zero-order chi connectivity index (χ0) is 19.1. The summed E-state index contributed by atoms with van der Waals surface area (Å²) in [6.07, 6.45) is 5.31. The number of anilines is 1. The molecule has 5 nitrogen and oxygen atoms in total. The molecule has 144 valence electrons. The van der Waals surface area contributed by atoms with Gasteiger partial charge in [0.05, 0.1) is 11.9 Å². The van der Waals surface area contributed by atoms with Crippen molar-refractivity contribution in [1.82, 2.24) is 15.2 Å². The Morgan fingerprint density at radius 3 is 2.81 bits per heavy atom. The first-order valence-corrected chi connectivity index (χ1v) is 9.56. The molecule has 1 aliphatic heterocycles. The summed E-state index contributed by atoms with van der Waals surface area (Å²) in [6, 6.07) is 9.94. The van der Waals surface area contributed by atoms with Gasteiger partial charge in [-0.2, -0.15) is 0 Å². The Bertz CT molecular complexity index is 723. The third kappa shape index (κ3) is 5.58. The molecule has 1 fully saturated rings. The normalized spacial score (nSPS) is 17.6. The number of piperazine rings is 1. The molecule has 1 N–H and O–H groups in total. The van der Waals surface area contributed by atoms with E-state index in [1.807, 2.05) is 12.1 Å². The highest BCUT2D eigenvalue weighted by Crippen LogP contribution is 2.17. The van der Waals surface area contributed by atoms with Gasteiger partial charge in [-0.25, -0.2) is 4.39 Å². The molecule has 0 bridgehead atoms. The molecule has 0 saturated carbocycles. The number of rotatable bonds is 7. The van der Waals surface area contributed by atoms with Crippen molar-refractivity contribution in [2.45, 2.75) is 25.8 Å². The van der Waals surface area contributed by atoms with Gasteiger partial charge in [0.25, 0.3) is 5.91 Å². The molecule has 1 saturated heterocycles. The average molecular weight is 370 g/mol. The van der Waals surface area contributed by atoms with Crippen molar-refractivity contribution in [2.75, 3.05) is 37.6 Å². The van der Waals surface area contributed by atoms with Crippen LogP contribution in [0, 0.1) is 5.82 Å². The number of pyridine rings is 1. The zero-order valence-electron chi connectivity index (χ0n) is 15.8. The SMILES string of the molecule is CC1CN(CCCCN(C(=O)c2ccc(F)cc2)c2cccnc2)CCN1. The van der Waals surface area contributed by atoms with Crippen LogP contribution in [0.5, 0.6) is 0 Å². The number of halogens is 1. The van der Waals surface area contributed by atoms with Crippen molar-refractivity contribution in [3.05, 3.63) is 60.2 Å². The molecule has 3 rings (SSSR count). The van der Waals surface area contributed by atoms with E-state index in [-0.39, 0.29) is 11.7 Å². The van der Waals surface area contributed by atoms with Gasteiger partial charge in [-0.05, 0) is 62.7 Å². The number of amides is 1. The number of hydrogen-bond donors (Lipinski definition) is 1. The van der Waals surface area contributed by atoms with Crippen LogP contribution in [0.3, 0.4) is 0 Å². The van der Waals surface area contributed by atoms with Crippen LogP contribution in [0.25, 0.3) is 0 Å². The highest BCUT2D eigenvalue weighted by molar-refractivity contribution is 6.05. The first kappa shape index (κ1) is 19.5. The van der Waals surface area contributed by atoms with Gasteiger partial charge in [0.1, 0.15) is 5.82 Å². The molecule has 1 unspecified atom stereocenters. The maximum atomic E-state index is 13.2. The lowest BCUT2D eigenvalue weighted by molar-refractivity contribution is 0.0986. The molecule has 0 spiro atoms. The number of aromatic nitrogens is 1. The fourth-order valence-corrected chi connectivity index (χ4v) is 3.43. The number of unbranched alkanes of at least 4 members (excludes halogenated alkanes) is 1. The van der Waals surface area contributed by atoms with Crippen LogP contribution in [0.2, 0.25) is 0 Å². The van der Waals surface area contributed by atoms with Crippen LogP contribution >= 0.6 is 0 Å². The van der Waals surface area contributed by atoms with Crippen molar-refractivity contribution >= 4 is 11.6 Å². The second kappa shape index (κ2) is 9.58. The van der Waals surface area contributed by atoms with Crippen molar-refractivity contribution in [3.63, 3.8) is 0 Å². The largest absolute Gasteiger partial charge is 0.312 e. The molecule has 2 heterocycles. The number of nitrogens with zero attached hydrogens (tertiary/aromatic N) is 3. The summed E-state index contributed by atoms with van der Waals surface area (Å²) in [5, 5.41) is 3.45. The highest BCUT2D eigenvalue weighted by Gasteiger charge is 2.19. The lowest BCUT2D eigenvalue weighted by Gasteiger charge is -2.32. The molecule has 6 heteroatoms. The Morgan fingerprint density at radius 1 is 1.30 bits per heavy atom. The van der Waals surface area contributed by atoms with Gasteiger partial charge in [0.2, 0.25) is 0 Å². The van der Waals surface area contributed by atoms with Crippen LogP contribution in [-0.4, -0.2) is 54.6 Å². The minimum Gasteiger partial charge on any atom is -0.312 e. The molecule has 0 aliphatic carbocycles. The van der Waals surface area contributed by atoms with Crippen LogP contribution in [0.1, 0.15) is 30.1 Å². The van der Waals surface area contributed by atoms with Crippen molar-refractivity contribution in [1.29, 1.82) is 0 Å². The summed E-state index contributed by atoms with van der Waals surface area (Å²) in [5.41, 5.74) is 1.25. The molecular weight excluding hydrogens is 343 g/mol. The Kier molecular flexibility index (Phi) is 6.90. The van der Waals surface area contributed by atoms with Crippen molar-refractivity contribution in [3.8, 4) is 0 Å². The monoisotopic (exact) mass is 370 g/mol. The second-order valence-electron chi connectivity index (χ2n) is 7.04. The van der Waals surface area contributed by atoms with Gasteiger partial charge >= 0.3 is 0 Å². The van der Waals surface area contributed by atoms with E-state index in [2.05, 4.69) is 22.1 Å². The lowest BCUT2D eigenvalue weighted by Crippen LogP contribution is -2.49. The lowest BCUT2D eigenvalue weighted by atomic mass is 10.1. The summed E-state index contributed by atoms with van der Waals surface area (Å²) >= 11 is 0. The van der Waals surface area contributed by atoms with Gasteiger partial charge in [-0.1, -0.05) is 0 Å². The molecule has 1 atom stereocenters. The first-order valence-electron chi connectivity index (χ1n) is 9.56. The molecule has 1 aliphatic rings. The zero-order valence-corrected chi connectivity index (χ0v) is 15.8. The molecule has 0 radical (unpaired) electrons. The van der Waals surface area contributed by atoms with E-state index in [0.717, 1.165) is 44.7 Å². The Morgan fingerprint density at radius 2 is 2.11 bits per heavy atom.